The van der Waals surface area contributed by atoms with Crippen LogP contribution in [0.5, 0.6) is 5.75 Å². The van der Waals surface area contributed by atoms with Crippen LogP contribution in [-0.2, 0) is 9.59 Å². The van der Waals surface area contributed by atoms with E-state index in [2.05, 4.69) is 26.2 Å². The lowest BCUT2D eigenvalue weighted by molar-refractivity contribution is -0.128. The van der Waals surface area contributed by atoms with Gasteiger partial charge in [0, 0.05) is 23.6 Å². The fourth-order valence-corrected chi connectivity index (χ4v) is 3.80. The van der Waals surface area contributed by atoms with Gasteiger partial charge in [-0.1, -0.05) is 39.8 Å². The van der Waals surface area contributed by atoms with E-state index in [9.17, 15) is 9.59 Å². The van der Waals surface area contributed by atoms with Crippen LogP contribution in [0.15, 0.2) is 58.0 Å². The van der Waals surface area contributed by atoms with Gasteiger partial charge in [-0.2, -0.15) is 0 Å². The Bertz CT molecular complexity index is 886. The van der Waals surface area contributed by atoms with Crippen LogP contribution in [0.25, 0.3) is 0 Å². The van der Waals surface area contributed by atoms with E-state index in [-0.39, 0.29) is 18.2 Å². The van der Waals surface area contributed by atoms with Gasteiger partial charge in [0.15, 0.2) is 5.17 Å². The third-order valence-electron chi connectivity index (χ3n) is 3.97. The first-order chi connectivity index (χ1) is 13.0. The molecule has 2 aromatic rings. The molecule has 3 rings (SSSR count). The van der Waals surface area contributed by atoms with Crippen molar-refractivity contribution in [3.63, 3.8) is 0 Å². The van der Waals surface area contributed by atoms with Gasteiger partial charge in [0.1, 0.15) is 16.7 Å². The standard InChI is InChI=1S/C19H18BrN3O3S/c1-23-17(24)11-16(18(25)21-13-9-7-12(20)8-10-13)27-19(23)22-14-5-3-4-6-15(14)26-2/h3-10,16H,11H2,1-2H3,(H,21,25)/t16-/m0/s1. The largest absolute Gasteiger partial charge is 0.494 e. The number of rotatable bonds is 4. The minimum absolute atomic E-state index is 0.120. The van der Waals surface area contributed by atoms with Gasteiger partial charge in [0.2, 0.25) is 11.8 Å². The second-order valence-corrected chi connectivity index (χ2v) is 7.91. The first-order valence-electron chi connectivity index (χ1n) is 8.19. The van der Waals surface area contributed by atoms with E-state index in [0.29, 0.717) is 22.3 Å². The van der Waals surface area contributed by atoms with E-state index in [0.717, 1.165) is 4.47 Å². The molecule has 0 aliphatic carbocycles. The number of hydrogen-bond acceptors (Lipinski definition) is 5. The zero-order valence-electron chi connectivity index (χ0n) is 14.8. The van der Waals surface area contributed by atoms with Crippen LogP contribution in [0.4, 0.5) is 11.4 Å². The highest BCUT2D eigenvalue weighted by Crippen LogP contribution is 2.32. The summed E-state index contributed by atoms with van der Waals surface area (Å²) in [5.74, 6) is 0.225. The molecule has 27 heavy (non-hydrogen) atoms. The maximum Gasteiger partial charge on any atom is 0.238 e. The topological polar surface area (TPSA) is 71.0 Å². The SMILES string of the molecule is COc1ccccc1N=C1S[C@H](C(=O)Nc2ccc(Br)cc2)CC(=O)N1C. The molecule has 0 aromatic heterocycles. The average Bonchev–Trinajstić information content (AvgIpc) is 2.67. The Balaban J connectivity index is 1.80. The molecule has 8 heteroatoms. The summed E-state index contributed by atoms with van der Waals surface area (Å²) < 4.78 is 6.24. The summed E-state index contributed by atoms with van der Waals surface area (Å²) in [5, 5.41) is 2.76. The number of nitrogens with one attached hydrogen (secondary N) is 1. The van der Waals surface area contributed by atoms with Crippen LogP contribution in [0.3, 0.4) is 0 Å². The lowest BCUT2D eigenvalue weighted by Gasteiger charge is -2.29. The van der Waals surface area contributed by atoms with Crippen LogP contribution < -0.4 is 10.1 Å². The Morgan fingerprint density at radius 1 is 1.26 bits per heavy atom. The van der Waals surface area contributed by atoms with Crippen LogP contribution in [-0.4, -0.2) is 41.3 Å². The molecule has 1 aliphatic rings. The summed E-state index contributed by atoms with van der Waals surface area (Å²) >= 11 is 4.63. The molecule has 1 heterocycles. The number of methoxy groups -OCH3 is 1. The molecular formula is C19H18BrN3O3S. The van der Waals surface area contributed by atoms with Gasteiger partial charge in [-0.15, -0.1) is 0 Å². The summed E-state index contributed by atoms with van der Waals surface area (Å²) in [4.78, 5) is 31.0. The fraction of sp³-hybridized carbons (Fsp3) is 0.211. The third-order valence-corrected chi connectivity index (χ3v) is 5.74. The van der Waals surface area contributed by atoms with Crippen molar-refractivity contribution >= 4 is 56.0 Å². The highest BCUT2D eigenvalue weighted by atomic mass is 79.9. The summed E-state index contributed by atoms with van der Waals surface area (Å²) in [7, 11) is 3.22. The van der Waals surface area contributed by atoms with Gasteiger partial charge in [0.25, 0.3) is 0 Å². The number of carbonyl (C=O) groups is 2. The zero-order chi connectivity index (χ0) is 19.4. The lowest BCUT2D eigenvalue weighted by Crippen LogP contribution is -2.43. The smallest absolute Gasteiger partial charge is 0.238 e. The van der Waals surface area contributed by atoms with Gasteiger partial charge >= 0.3 is 0 Å². The average molecular weight is 448 g/mol. The number of aliphatic imine (C=N–C) groups is 1. The Morgan fingerprint density at radius 2 is 1.96 bits per heavy atom. The number of thioether (sulfide) groups is 1. The molecule has 0 unspecified atom stereocenters. The van der Waals surface area contributed by atoms with Crippen molar-refractivity contribution < 1.29 is 14.3 Å². The molecule has 6 nitrogen and oxygen atoms in total. The van der Waals surface area contributed by atoms with Crippen LogP contribution in [0, 0.1) is 0 Å². The molecule has 2 amide bonds. The minimum Gasteiger partial charge on any atom is -0.494 e. The van der Waals surface area contributed by atoms with E-state index >= 15 is 0 Å². The van der Waals surface area contributed by atoms with E-state index in [1.807, 2.05) is 24.3 Å². The summed E-state index contributed by atoms with van der Waals surface area (Å²) in [5.41, 5.74) is 1.29. The number of hydrogen-bond donors (Lipinski definition) is 1. The number of nitrogens with zero attached hydrogens (tertiary/aromatic N) is 2. The molecule has 0 saturated carbocycles. The van der Waals surface area contributed by atoms with Crippen molar-refractivity contribution in [3.8, 4) is 5.75 Å². The number of amides is 2. The highest BCUT2D eigenvalue weighted by Gasteiger charge is 2.34. The molecule has 1 N–H and O–H groups in total. The molecule has 1 atom stereocenters. The maximum absolute atomic E-state index is 12.6. The predicted molar refractivity (Wildman–Crippen MR) is 112 cm³/mol. The molecule has 2 aromatic carbocycles. The normalized spacial score (nSPS) is 18.5. The zero-order valence-corrected chi connectivity index (χ0v) is 17.2. The van der Waals surface area contributed by atoms with Crippen molar-refractivity contribution in [2.45, 2.75) is 11.7 Å². The van der Waals surface area contributed by atoms with Gasteiger partial charge < -0.3 is 10.1 Å². The highest BCUT2D eigenvalue weighted by molar-refractivity contribution is 9.10. The van der Waals surface area contributed by atoms with Crippen molar-refractivity contribution in [2.75, 3.05) is 19.5 Å². The molecule has 0 spiro atoms. The van der Waals surface area contributed by atoms with Crippen molar-refractivity contribution in [1.29, 1.82) is 0 Å². The van der Waals surface area contributed by atoms with Crippen LogP contribution >= 0.6 is 27.7 Å². The number of para-hydroxylation sites is 2. The second kappa shape index (κ2) is 8.58. The quantitative estimate of drug-likeness (QED) is 0.767. The van der Waals surface area contributed by atoms with E-state index in [1.54, 1.807) is 38.4 Å². The molecule has 140 valence electrons. The van der Waals surface area contributed by atoms with Crippen molar-refractivity contribution in [3.05, 3.63) is 53.0 Å². The van der Waals surface area contributed by atoms with Gasteiger partial charge in [0.05, 0.1) is 7.11 Å². The Labute approximate surface area is 170 Å². The van der Waals surface area contributed by atoms with E-state index < -0.39 is 5.25 Å². The third kappa shape index (κ3) is 4.70. The molecule has 0 radical (unpaired) electrons. The first-order valence-corrected chi connectivity index (χ1v) is 9.86. The predicted octanol–water partition coefficient (Wildman–Crippen LogP) is 4.05. The minimum atomic E-state index is -0.550. The van der Waals surface area contributed by atoms with Crippen molar-refractivity contribution in [2.24, 2.45) is 4.99 Å². The van der Waals surface area contributed by atoms with E-state index in [4.69, 9.17) is 4.74 Å². The van der Waals surface area contributed by atoms with Crippen molar-refractivity contribution in [1.82, 2.24) is 4.90 Å². The number of halogens is 1. The Morgan fingerprint density at radius 3 is 2.67 bits per heavy atom. The number of carbonyl (C=O) groups excluding carboxylic acids is 2. The first kappa shape index (κ1) is 19.4. The van der Waals surface area contributed by atoms with Crippen LogP contribution in [0.1, 0.15) is 6.42 Å². The van der Waals surface area contributed by atoms with Gasteiger partial charge in [-0.25, -0.2) is 4.99 Å². The van der Waals surface area contributed by atoms with Crippen LogP contribution in [0.2, 0.25) is 0 Å². The number of benzene rings is 2. The molecular weight excluding hydrogens is 430 g/mol. The fourth-order valence-electron chi connectivity index (χ4n) is 2.48. The Hall–Kier alpha value is -2.32. The summed E-state index contributed by atoms with van der Waals surface area (Å²) in [6, 6.07) is 14.6. The van der Waals surface area contributed by atoms with E-state index in [1.165, 1.54) is 16.7 Å². The molecule has 0 bridgehead atoms. The molecule has 1 aliphatic heterocycles. The van der Waals surface area contributed by atoms with Gasteiger partial charge in [-0.3, -0.25) is 14.5 Å². The second-order valence-electron chi connectivity index (χ2n) is 5.83. The summed E-state index contributed by atoms with van der Waals surface area (Å²) in [6.07, 6.45) is 0.120. The monoisotopic (exact) mass is 447 g/mol. The summed E-state index contributed by atoms with van der Waals surface area (Å²) in [6.45, 7) is 0. The maximum atomic E-state index is 12.6. The number of anilines is 1. The number of ether oxygens (including phenoxy) is 1. The van der Waals surface area contributed by atoms with Gasteiger partial charge in [-0.05, 0) is 36.4 Å². The number of amidine groups is 1. The lowest BCUT2D eigenvalue weighted by atomic mass is 10.2. The Kier molecular flexibility index (Phi) is 6.18. The molecule has 1 saturated heterocycles. The molecule has 1 fully saturated rings.